The summed E-state index contributed by atoms with van der Waals surface area (Å²) in [7, 11) is 0. The smallest absolute Gasteiger partial charge is 0.123 e. The molecule has 0 radical (unpaired) electrons. The predicted molar refractivity (Wildman–Crippen MR) is 57.7 cm³/mol. The van der Waals surface area contributed by atoms with Crippen LogP contribution >= 0.6 is 0 Å². The van der Waals surface area contributed by atoms with Crippen molar-refractivity contribution in [1.82, 2.24) is 5.32 Å². The molecule has 82 valence electrons. The number of hydrogen-bond acceptors (Lipinski definition) is 2. The van der Waals surface area contributed by atoms with Crippen molar-refractivity contribution in [3.63, 3.8) is 0 Å². The topological polar surface area (TPSA) is 21.3 Å². The SMILES string of the molecule is CCCNCC1Cc2cc(F)ccc2O1. The fourth-order valence-electron chi connectivity index (χ4n) is 1.84. The Kier molecular flexibility index (Phi) is 3.21. The van der Waals surface area contributed by atoms with Gasteiger partial charge >= 0.3 is 0 Å². The van der Waals surface area contributed by atoms with Crippen molar-refractivity contribution >= 4 is 0 Å². The Morgan fingerprint density at radius 3 is 3.20 bits per heavy atom. The summed E-state index contributed by atoms with van der Waals surface area (Å²) in [4.78, 5) is 0. The second kappa shape index (κ2) is 4.62. The van der Waals surface area contributed by atoms with Crippen LogP contribution < -0.4 is 10.1 Å². The van der Waals surface area contributed by atoms with E-state index >= 15 is 0 Å². The molecule has 1 N–H and O–H groups in total. The predicted octanol–water partition coefficient (Wildman–Crippen LogP) is 2.13. The van der Waals surface area contributed by atoms with Crippen LogP contribution in [-0.4, -0.2) is 19.2 Å². The summed E-state index contributed by atoms with van der Waals surface area (Å²) in [5, 5.41) is 3.31. The molecule has 0 aliphatic carbocycles. The lowest BCUT2D eigenvalue weighted by atomic mass is 10.1. The van der Waals surface area contributed by atoms with Gasteiger partial charge in [0.2, 0.25) is 0 Å². The Morgan fingerprint density at radius 1 is 1.53 bits per heavy atom. The van der Waals surface area contributed by atoms with Gasteiger partial charge in [-0.15, -0.1) is 0 Å². The fraction of sp³-hybridized carbons (Fsp3) is 0.500. The minimum Gasteiger partial charge on any atom is -0.488 e. The standard InChI is InChI=1S/C12H16FNO/c1-2-5-14-8-11-7-9-6-10(13)3-4-12(9)15-11/h3-4,6,11,14H,2,5,7-8H2,1H3. The van der Waals surface area contributed by atoms with E-state index < -0.39 is 0 Å². The molecule has 0 bridgehead atoms. The van der Waals surface area contributed by atoms with E-state index in [4.69, 9.17) is 4.74 Å². The number of halogens is 1. The summed E-state index contributed by atoms with van der Waals surface area (Å²) in [5.41, 5.74) is 0.985. The lowest BCUT2D eigenvalue weighted by Gasteiger charge is -2.10. The summed E-state index contributed by atoms with van der Waals surface area (Å²) in [6.45, 7) is 3.97. The van der Waals surface area contributed by atoms with Crippen molar-refractivity contribution in [2.45, 2.75) is 25.9 Å². The van der Waals surface area contributed by atoms with Gasteiger partial charge in [0.1, 0.15) is 17.7 Å². The van der Waals surface area contributed by atoms with E-state index in [0.29, 0.717) is 0 Å². The van der Waals surface area contributed by atoms with Crippen LogP contribution in [0.3, 0.4) is 0 Å². The van der Waals surface area contributed by atoms with Gasteiger partial charge in [-0.05, 0) is 31.2 Å². The molecule has 2 nitrogen and oxygen atoms in total. The van der Waals surface area contributed by atoms with Crippen molar-refractivity contribution < 1.29 is 9.13 Å². The normalized spacial score (nSPS) is 18.7. The molecule has 0 fully saturated rings. The fourth-order valence-corrected chi connectivity index (χ4v) is 1.84. The first-order chi connectivity index (χ1) is 7.29. The highest BCUT2D eigenvalue weighted by atomic mass is 19.1. The van der Waals surface area contributed by atoms with Gasteiger partial charge in [-0.1, -0.05) is 6.92 Å². The lowest BCUT2D eigenvalue weighted by molar-refractivity contribution is 0.228. The Bertz CT molecular complexity index is 340. The van der Waals surface area contributed by atoms with Crippen LogP contribution in [0.1, 0.15) is 18.9 Å². The molecule has 1 aromatic rings. The van der Waals surface area contributed by atoms with Crippen LogP contribution in [0, 0.1) is 5.82 Å². The van der Waals surface area contributed by atoms with Gasteiger partial charge in [-0.25, -0.2) is 4.39 Å². The molecule has 0 aromatic heterocycles. The number of nitrogens with one attached hydrogen (secondary N) is 1. The van der Waals surface area contributed by atoms with Crippen molar-refractivity contribution in [3.05, 3.63) is 29.6 Å². The van der Waals surface area contributed by atoms with Gasteiger partial charge in [0.15, 0.2) is 0 Å². The molecular formula is C12H16FNO. The first-order valence-electron chi connectivity index (χ1n) is 5.45. The third kappa shape index (κ3) is 2.48. The lowest BCUT2D eigenvalue weighted by Crippen LogP contribution is -2.30. The van der Waals surface area contributed by atoms with Crippen LogP contribution in [-0.2, 0) is 6.42 Å². The van der Waals surface area contributed by atoms with Crippen LogP contribution in [0.4, 0.5) is 4.39 Å². The van der Waals surface area contributed by atoms with E-state index in [-0.39, 0.29) is 11.9 Å². The number of benzene rings is 1. The van der Waals surface area contributed by atoms with Gasteiger partial charge < -0.3 is 10.1 Å². The van der Waals surface area contributed by atoms with Gasteiger partial charge in [-0.2, -0.15) is 0 Å². The summed E-state index contributed by atoms with van der Waals surface area (Å²) in [6, 6.07) is 4.72. The highest BCUT2D eigenvalue weighted by molar-refractivity contribution is 5.37. The number of hydrogen-bond donors (Lipinski definition) is 1. The third-order valence-corrected chi connectivity index (χ3v) is 2.56. The highest BCUT2D eigenvalue weighted by Gasteiger charge is 2.22. The Hall–Kier alpha value is -1.09. The van der Waals surface area contributed by atoms with E-state index in [1.54, 1.807) is 12.1 Å². The van der Waals surface area contributed by atoms with Crippen molar-refractivity contribution in [2.75, 3.05) is 13.1 Å². The maximum absolute atomic E-state index is 12.9. The number of rotatable bonds is 4. The first-order valence-corrected chi connectivity index (χ1v) is 5.45. The largest absolute Gasteiger partial charge is 0.488 e. The maximum Gasteiger partial charge on any atom is 0.123 e. The Balaban J connectivity index is 1.91. The molecule has 0 saturated carbocycles. The molecule has 0 spiro atoms. The zero-order valence-corrected chi connectivity index (χ0v) is 8.92. The molecule has 1 aromatic carbocycles. The average Bonchev–Trinajstić information content (AvgIpc) is 2.60. The van der Waals surface area contributed by atoms with E-state index in [1.807, 2.05) is 0 Å². The van der Waals surface area contributed by atoms with Gasteiger partial charge in [0.05, 0.1) is 0 Å². The Labute approximate surface area is 89.4 Å². The second-order valence-corrected chi connectivity index (χ2v) is 3.90. The van der Waals surface area contributed by atoms with Crippen LogP contribution in [0.2, 0.25) is 0 Å². The minimum absolute atomic E-state index is 0.161. The molecule has 1 unspecified atom stereocenters. The average molecular weight is 209 g/mol. The quantitative estimate of drug-likeness (QED) is 0.767. The van der Waals surface area contributed by atoms with E-state index in [1.165, 1.54) is 6.07 Å². The molecule has 15 heavy (non-hydrogen) atoms. The molecule has 1 atom stereocenters. The van der Waals surface area contributed by atoms with Crippen molar-refractivity contribution in [1.29, 1.82) is 0 Å². The highest BCUT2D eigenvalue weighted by Crippen LogP contribution is 2.28. The van der Waals surface area contributed by atoms with Crippen LogP contribution in [0.5, 0.6) is 5.75 Å². The maximum atomic E-state index is 12.9. The van der Waals surface area contributed by atoms with Gasteiger partial charge in [-0.3, -0.25) is 0 Å². The zero-order valence-electron chi connectivity index (χ0n) is 8.92. The first kappa shape index (κ1) is 10.4. The van der Waals surface area contributed by atoms with Gasteiger partial charge in [0, 0.05) is 18.5 Å². The number of ether oxygens (including phenoxy) is 1. The molecule has 3 heteroatoms. The molecule has 2 rings (SSSR count). The van der Waals surface area contributed by atoms with Gasteiger partial charge in [0.25, 0.3) is 0 Å². The summed E-state index contributed by atoms with van der Waals surface area (Å²) < 4.78 is 18.6. The molecule has 0 saturated heterocycles. The summed E-state index contributed by atoms with van der Waals surface area (Å²) in [5.74, 6) is 0.652. The Morgan fingerprint density at radius 2 is 2.40 bits per heavy atom. The molecule has 0 amide bonds. The van der Waals surface area contributed by atoms with E-state index in [9.17, 15) is 4.39 Å². The number of fused-ring (bicyclic) bond motifs is 1. The summed E-state index contributed by atoms with van der Waals surface area (Å²) in [6.07, 6.45) is 2.09. The van der Waals surface area contributed by atoms with E-state index in [0.717, 1.165) is 37.2 Å². The minimum atomic E-state index is -0.181. The second-order valence-electron chi connectivity index (χ2n) is 3.90. The molecule has 1 aliphatic rings. The third-order valence-electron chi connectivity index (χ3n) is 2.56. The molecule has 1 heterocycles. The van der Waals surface area contributed by atoms with Crippen LogP contribution in [0.15, 0.2) is 18.2 Å². The zero-order chi connectivity index (χ0) is 10.7. The molecule has 1 aliphatic heterocycles. The van der Waals surface area contributed by atoms with E-state index in [2.05, 4.69) is 12.2 Å². The molecular weight excluding hydrogens is 193 g/mol. The van der Waals surface area contributed by atoms with Crippen LogP contribution in [0.25, 0.3) is 0 Å². The van der Waals surface area contributed by atoms with Crippen molar-refractivity contribution in [2.24, 2.45) is 0 Å². The van der Waals surface area contributed by atoms with Crippen molar-refractivity contribution in [3.8, 4) is 5.75 Å². The summed E-state index contributed by atoms with van der Waals surface area (Å²) >= 11 is 0. The monoisotopic (exact) mass is 209 g/mol.